The van der Waals surface area contributed by atoms with Gasteiger partial charge in [0.25, 0.3) is 0 Å². The summed E-state index contributed by atoms with van der Waals surface area (Å²) < 4.78 is 5.12. The SMILES string of the molecule is CCNc1cc(Nc2ccc(OC)c(Cl)c2)nc(C)n1. The lowest BCUT2D eigenvalue weighted by atomic mass is 10.3. The highest BCUT2D eigenvalue weighted by Crippen LogP contribution is 2.28. The molecule has 0 saturated heterocycles. The van der Waals surface area contributed by atoms with Gasteiger partial charge in [0.15, 0.2) is 0 Å². The zero-order chi connectivity index (χ0) is 14.5. The molecule has 2 aromatic rings. The van der Waals surface area contributed by atoms with Gasteiger partial charge in [-0.2, -0.15) is 0 Å². The maximum atomic E-state index is 6.10. The third-order valence-electron chi connectivity index (χ3n) is 2.62. The van der Waals surface area contributed by atoms with Crippen LogP contribution < -0.4 is 15.4 Å². The Hall–Kier alpha value is -2.01. The largest absolute Gasteiger partial charge is 0.495 e. The van der Waals surface area contributed by atoms with Crippen molar-refractivity contribution in [2.24, 2.45) is 0 Å². The van der Waals surface area contributed by atoms with Gasteiger partial charge in [-0.25, -0.2) is 9.97 Å². The molecule has 0 aliphatic rings. The minimum absolute atomic E-state index is 0.551. The average molecular weight is 293 g/mol. The van der Waals surface area contributed by atoms with E-state index in [1.165, 1.54) is 0 Å². The predicted molar refractivity (Wildman–Crippen MR) is 82.2 cm³/mol. The molecule has 0 fully saturated rings. The average Bonchev–Trinajstić information content (AvgIpc) is 2.38. The Morgan fingerprint density at radius 1 is 1.20 bits per heavy atom. The van der Waals surface area contributed by atoms with Crippen LogP contribution in [0.2, 0.25) is 5.02 Å². The zero-order valence-corrected chi connectivity index (χ0v) is 12.5. The quantitative estimate of drug-likeness (QED) is 0.881. The molecule has 106 valence electrons. The van der Waals surface area contributed by atoms with Crippen LogP contribution in [0.4, 0.5) is 17.3 Å². The number of hydrogen-bond acceptors (Lipinski definition) is 5. The van der Waals surface area contributed by atoms with Gasteiger partial charge in [0.2, 0.25) is 0 Å². The van der Waals surface area contributed by atoms with Crippen molar-refractivity contribution >= 4 is 28.9 Å². The molecule has 0 amide bonds. The lowest BCUT2D eigenvalue weighted by Gasteiger charge is -2.10. The van der Waals surface area contributed by atoms with E-state index >= 15 is 0 Å². The Balaban J connectivity index is 2.23. The van der Waals surface area contributed by atoms with E-state index in [-0.39, 0.29) is 0 Å². The highest BCUT2D eigenvalue weighted by molar-refractivity contribution is 6.32. The number of aryl methyl sites for hydroxylation is 1. The molecule has 6 heteroatoms. The van der Waals surface area contributed by atoms with E-state index in [0.29, 0.717) is 16.6 Å². The number of rotatable bonds is 5. The standard InChI is InChI=1S/C14H17ClN4O/c1-4-16-13-8-14(18-9(2)17-13)19-10-5-6-12(20-3)11(15)7-10/h5-8H,4H2,1-3H3,(H2,16,17,18,19). The topological polar surface area (TPSA) is 59.1 Å². The van der Waals surface area contributed by atoms with Gasteiger partial charge in [0.1, 0.15) is 23.2 Å². The summed E-state index contributed by atoms with van der Waals surface area (Å²) in [6.45, 7) is 4.69. The molecule has 0 bridgehead atoms. The Kier molecular flexibility index (Phi) is 4.63. The second-order valence-electron chi connectivity index (χ2n) is 4.19. The fraction of sp³-hybridized carbons (Fsp3) is 0.286. The summed E-state index contributed by atoms with van der Waals surface area (Å²) in [6, 6.07) is 7.35. The van der Waals surface area contributed by atoms with Crippen LogP contribution in [-0.4, -0.2) is 23.6 Å². The molecular formula is C14H17ClN4O. The predicted octanol–water partition coefficient (Wildman–Crippen LogP) is 3.62. The number of aromatic nitrogens is 2. The summed E-state index contributed by atoms with van der Waals surface area (Å²) in [5.41, 5.74) is 0.844. The number of methoxy groups -OCH3 is 1. The first kappa shape index (κ1) is 14.4. The summed E-state index contributed by atoms with van der Waals surface area (Å²) in [7, 11) is 1.59. The van der Waals surface area contributed by atoms with Crippen molar-refractivity contribution in [2.75, 3.05) is 24.3 Å². The lowest BCUT2D eigenvalue weighted by Crippen LogP contribution is -2.04. The molecule has 0 aliphatic carbocycles. The first-order valence-electron chi connectivity index (χ1n) is 6.32. The van der Waals surface area contributed by atoms with E-state index in [9.17, 15) is 0 Å². The molecule has 2 N–H and O–H groups in total. The number of nitrogens with zero attached hydrogens (tertiary/aromatic N) is 2. The number of benzene rings is 1. The number of anilines is 3. The van der Waals surface area contributed by atoms with Crippen LogP contribution in [0.5, 0.6) is 5.75 Å². The third kappa shape index (κ3) is 3.51. The molecule has 2 rings (SSSR count). The Morgan fingerprint density at radius 3 is 2.60 bits per heavy atom. The normalized spacial score (nSPS) is 10.2. The Morgan fingerprint density at radius 2 is 1.95 bits per heavy atom. The van der Waals surface area contributed by atoms with Gasteiger partial charge >= 0.3 is 0 Å². The van der Waals surface area contributed by atoms with Gasteiger partial charge < -0.3 is 15.4 Å². The van der Waals surface area contributed by atoms with Crippen molar-refractivity contribution in [1.82, 2.24) is 9.97 Å². The molecule has 0 radical (unpaired) electrons. The van der Waals surface area contributed by atoms with Gasteiger partial charge in [-0.05, 0) is 32.0 Å². The molecule has 0 unspecified atom stereocenters. The van der Waals surface area contributed by atoms with Crippen LogP contribution in [-0.2, 0) is 0 Å². The Bertz CT molecular complexity index is 604. The van der Waals surface area contributed by atoms with Gasteiger partial charge in [-0.1, -0.05) is 11.6 Å². The maximum absolute atomic E-state index is 6.10. The minimum Gasteiger partial charge on any atom is -0.495 e. The van der Waals surface area contributed by atoms with Crippen LogP contribution in [0.25, 0.3) is 0 Å². The molecule has 0 atom stereocenters. The van der Waals surface area contributed by atoms with E-state index in [4.69, 9.17) is 16.3 Å². The van der Waals surface area contributed by atoms with Crippen LogP contribution in [0, 0.1) is 6.92 Å². The van der Waals surface area contributed by atoms with E-state index in [1.807, 2.05) is 32.0 Å². The number of hydrogen-bond donors (Lipinski definition) is 2. The van der Waals surface area contributed by atoms with Gasteiger partial charge in [0.05, 0.1) is 12.1 Å². The van der Waals surface area contributed by atoms with Gasteiger partial charge in [-0.3, -0.25) is 0 Å². The van der Waals surface area contributed by atoms with Crippen LogP contribution in [0.3, 0.4) is 0 Å². The first-order chi connectivity index (χ1) is 9.62. The van der Waals surface area contributed by atoms with Crippen molar-refractivity contribution in [3.8, 4) is 5.75 Å². The van der Waals surface area contributed by atoms with Crippen molar-refractivity contribution < 1.29 is 4.74 Å². The van der Waals surface area contributed by atoms with Crippen LogP contribution in [0.1, 0.15) is 12.7 Å². The minimum atomic E-state index is 0.551. The molecular weight excluding hydrogens is 276 g/mol. The summed E-state index contributed by atoms with van der Waals surface area (Å²) >= 11 is 6.10. The zero-order valence-electron chi connectivity index (χ0n) is 11.7. The molecule has 1 heterocycles. The van der Waals surface area contributed by atoms with Crippen molar-refractivity contribution in [1.29, 1.82) is 0 Å². The molecule has 5 nitrogen and oxygen atoms in total. The van der Waals surface area contributed by atoms with Gasteiger partial charge in [-0.15, -0.1) is 0 Å². The molecule has 0 saturated carbocycles. The fourth-order valence-electron chi connectivity index (χ4n) is 1.80. The monoisotopic (exact) mass is 292 g/mol. The molecule has 0 spiro atoms. The molecule has 20 heavy (non-hydrogen) atoms. The van der Waals surface area contributed by atoms with Crippen LogP contribution >= 0.6 is 11.6 Å². The summed E-state index contributed by atoms with van der Waals surface area (Å²) in [5.74, 6) is 2.85. The fourth-order valence-corrected chi connectivity index (χ4v) is 2.05. The lowest BCUT2D eigenvalue weighted by molar-refractivity contribution is 0.415. The molecule has 1 aromatic heterocycles. The number of halogens is 1. The number of nitrogens with one attached hydrogen (secondary N) is 2. The summed E-state index contributed by atoms with van der Waals surface area (Å²) in [5, 5.41) is 6.92. The Labute approximate surface area is 123 Å². The van der Waals surface area contributed by atoms with E-state index in [2.05, 4.69) is 20.6 Å². The third-order valence-corrected chi connectivity index (χ3v) is 2.92. The van der Waals surface area contributed by atoms with E-state index < -0.39 is 0 Å². The van der Waals surface area contributed by atoms with Crippen molar-refractivity contribution in [3.05, 3.63) is 35.1 Å². The van der Waals surface area contributed by atoms with E-state index in [1.54, 1.807) is 13.2 Å². The smallest absolute Gasteiger partial charge is 0.137 e. The highest BCUT2D eigenvalue weighted by Gasteiger charge is 2.05. The molecule has 1 aromatic carbocycles. The second-order valence-corrected chi connectivity index (χ2v) is 4.60. The van der Waals surface area contributed by atoms with Gasteiger partial charge in [0, 0.05) is 18.3 Å². The van der Waals surface area contributed by atoms with Crippen molar-refractivity contribution in [2.45, 2.75) is 13.8 Å². The maximum Gasteiger partial charge on any atom is 0.137 e. The summed E-state index contributed by atoms with van der Waals surface area (Å²) in [4.78, 5) is 8.65. The van der Waals surface area contributed by atoms with Crippen LogP contribution in [0.15, 0.2) is 24.3 Å². The first-order valence-corrected chi connectivity index (χ1v) is 6.70. The van der Waals surface area contributed by atoms with Crippen molar-refractivity contribution in [3.63, 3.8) is 0 Å². The van der Waals surface area contributed by atoms with E-state index in [0.717, 1.165) is 23.9 Å². The second kappa shape index (κ2) is 6.43. The number of ether oxygens (including phenoxy) is 1. The highest BCUT2D eigenvalue weighted by atomic mass is 35.5. The summed E-state index contributed by atoms with van der Waals surface area (Å²) in [6.07, 6.45) is 0. The molecule has 0 aliphatic heterocycles.